The minimum Gasteiger partial charge on any atom is -0.396 e. The third kappa shape index (κ3) is 3.96. The highest BCUT2D eigenvalue weighted by atomic mass is 16.3. The number of hydrogen-bond acceptors (Lipinski definition) is 3. The molecule has 4 N–H and O–H groups in total. The first kappa shape index (κ1) is 14.5. The number of hydrogen-bond donors (Lipinski definition) is 3. The predicted molar refractivity (Wildman–Crippen MR) is 68.4 cm³/mol. The van der Waals surface area contributed by atoms with Gasteiger partial charge in [-0.1, -0.05) is 12.8 Å². The molecule has 0 saturated heterocycles. The molecule has 0 heterocycles. The molecule has 2 atom stereocenters. The molecule has 0 aromatic rings. The fourth-order valence-electron chi connectivity index (χ4n) is 2.35. The maximum atomic E-state index is 11.9. The number of aliphatic hydroxyl groups is 1. The molecule has 2 unspecified atom stereocenters. The molecule has 1 saturated carbocycles. The summed E-state index contributed by atoms with van der Waals surface area (Å²) in [4.78, 5) is 11.9. The van der Waals surface area contributed by atoms with Crippen molar-refractivity contribution in [1.82, 2.24) is 5.32 Å². The van der Waals surface area contributed by atoms with Gasteiger partial charge in [0.25, 0.3) is 0 Å². The Kier molecular flexibility index (Phi) is 5.40. The number of carbonyl (C=O) groups is 1. The fraction of sp³-hybridized carbons (Fsp3) is 0.923. The molecular formula is C13H26N2O2. The molecular weight excluding hydrogens is 216 g/mol. The van der Waals surface area contributed by atoms with Gasteiger partial charge in [-0.05, 0) is 38.5 Å². The van der Waals surface area contributed by atoms with Crippen molar-refractivity contribution < 1.29 is 9.90 Å². The van der Waals surface area contributed by atoms with E-state index in [-0.39, 0.29) is 12.5 Å². The second-order valence-corrected chi connectivity index (χ2v) is 5.79. The Bertz CT molecular complexity index is 254. The van der Waals surface area contributed by atoms with E-state index in [0.29, 0.717) is 24.9 Å². The lowest BCUT2D eigenvalue weighted by Gasteiger charge is -2.31. The van der Waals surface area contributed by atoms with Gasteiger partial charge >= 0.3 is 0 Å². The lowest BCUT2D eigenvalue weighted by molar-refractivity contribution is -0.129. The number of aliphatic hydroxyl groups excluding tert-OH is 1. The van der Waals surface area contributed by atoms with Crippen molar-refractivity contribution in [3.05, 3.63) is 0 Å². The normalized spacial score (nSPS) is 25.6. The van der Waals surface area contributed by atoms with Crippen LogP contribution in [0.15, 0.2) is 0 Å². The minimum atomic E-state index is -0.497. The number of nitrogens with two attached hydrogens (primary N) is 1. The zero-order chi connectivity index (χ0) is 12.9. The van der Waals surface area contributed by atoms with E-state index in [4.69, 9.17) is 5.73 Å². The molecule has 0 spiro atoms. The lowest BCUT2D eigenvalue weighted by Crippen LogP contribution is -2.44. The number of amides is 1. The van der Waals surface area contributed by atoms with Gasteiger partial charge in [0.05, 0.1) is 5.41 Å². The molecule has 0 radical (unpaired) electrons. The second-order valence-electron chi connectivity index (χ2n) is 5.79. The Morgan fingerprint density at radius 1 is 1.35 bits per heavy atom. The molecule has 1 rings (SSSR count). The second kappa shape index (κ2) is 6.36. The minimum absolute atomic E-state index is 0.0160. The van der Waals surface area contributed by atoms with E-state index in [1.165, 1.54) is 12.8 Å². The van der Waals surface area contributed by atoms with Crippen LogP contribution in [-0.4, -0.2) is 30.7 Å². The molecule has 0 aromatic heterocycles. The van der Waals surface area contributed by atoms with Gasteiger partial charge in [0.2, 0.25) is 5.91 Å². The SMILES string of the molecule is CC(C)(CN)C(=O)NCC1CCCCC1CO. The summed E-state index contributed by atoms with van der Waals surface area (Å²) in [6.45, 7) is 4.97. The fourth-order valence-corrected chi connectivity index (χ4v) is 2.35. The summed E-state index contributed by atoms with van der Waals surface area (Å²) >= 11 is 0. The van der Waals surface area contributed by atoms with Crippen LogP contribution in [0.1, 0.15) is 39.5 Å². The van der Waals surface area contributed by atoms with Crippen LogP contribution in [0.3, 0.4) is 0 Å². The van der Waals surface area contributed by atoms with Crippen molar-refractivity contribution in [2.75, 3.05) is 19.7 Å². The molecule has 0 aromatic carbocycles. The predicted octanol–water partition coefficient (Wildman–Crippen LogP) is 0.886. The van der Waals surface area contributed by atoms with Gasteiger partial charge in [0.15, 0.2) is 0 Å². The van der Waals surface area contributed by atoms with Crippen molar-refractivity contribution in [3.8, 4) is 0 Å². The Morgan fingerprint density at radius 3 is 2.47 bits per heavy atom. The molecule has 100 valence electrons. The highest BCUT2D eigenvalue weighted by Gasteiger charge is 2.29. The molecule has 4 nitrogen and oxygen atoms in total. The van der Waals surface area contributed by atoms with E-state index in [0.717, 1.165) is 12.8 Å². The Morgan fingerprint density at radius 2 is 1.94 bits per heavy atom. The Hall–Kier alpha value is -0.610. The van der Waals surface area contributed by atoms with Crippen molar-refractivity contribution >= 4 is 5.91 Å². The molecule has 0 bridgehead atoms. The smallest absolute Gasteiger partial charge is 0.226 e. The standard InChI is InChI=1S/C13H26N2O2/c1-13(2,9-14)12(17)15-7-10-5-3-4-6-11(10)8-16/h10-11,16H,3-9,14H2,1-2H3,(H,15,17). The van der Waals surface area contributed by atoms with Gasteiger partial charge in [-0.15, -0.1) is 0 Å². The van der Waals surface area contributed by atoms with Crippen molar-refractivity contribution in [1.29, 1.82) is 0 Å². The molecule has 4 heteroatoms. The third-order valence-corrected chi connectivity index (χ3v) is 3.95. The molecule has 1 amide bonds. The van der Waals surface area contributed by atoms with Gasteiger partial charge in [-0.25, -0.2) is 0 Å². The highest BCUT2D eigenvalue weighted by Crippen LogP contribution is 2.29. The quantitative estimate of drug-likeness (QED) is 0.670. The van der Waals surface area contributed by atoms with Gasteiger partial charge in [0.1, 0.15) is 0 Å². The van der Waals surface area contributed by atoms with Crippen LogP contribution in [0.25, 0.3) is 0 Å². The zero-order valence-electron chi connectivity index (χ0n) is 11.0. The molecule has 17 heavy (non-hydrogen) atoms. The molecule has 1 aliphatic carbocycles. The van der Waals surface area contributed by atoms with Crippen molar-refractivity contribution in [2.45, 2.75) is 39.5 Å². The summed E-state index contributed by atoms with van der Waals surface area (Å²) in [6, 6.07) is 0. The monoisotopic (exact) mass is 242 g/mol. The van der Waals surface area contributed by atoms with E-state index in [1.54, 1.807) is 0 Å². The lowest BCUT2D eigenvalue weighted by atomic mass is 9.79. The summed E-state index contributed by atoms with van der Waals surface area (Å²) < 4.78 is 0. The van der Waals surface area contributed by atoms with Crippen LogP contribution < -0.4 is 11.1 Å². The van der Waals surface area contributed by atoms with E-state index in [9.17, 15) is 9.90 Å². The summed E-state index contributed by atoms with van der Waals surface area (Å²) in [5.41, 5.74) is 5.07. The maximum Gasteiger partial charge on any atom is 0.226 e. The van der Waals surface area contributed by atoms with E-state index in [2.05, 4.69) is 5.32 Å². The first-order valence-corrected chi connectivity index (χ1v) is 6.60. The molecule has 1 aliphatic rings. The average molecular weight is 242 g/mol. The van der Waals surface area contributed by atoms with Crippen LogP contribution >= 0.6 is 0 Å². The van der Waals surface area contributed by atoms with Crippen LogP contribution in [-0.2, 0) is 4.79 Å². The van der Waals surface area contributed by atoms with Crippen molar-refractivity contribution in [2.24, 2.45) is 23.0 Å². The van der Waals surface area contributed by atoms with Crippen LogP contribution in [0, 0.1) is 17.3 Å². The van der Waals surface area contributed by atoms with Crippen LogP contribution in [0.2, 0.25) is 0 Å². The molecule has 0 aliphatic heterocycles. The van der Waals surface area contributed by atoms with Gasteiger partial charge < -0.3 is 16.2 Å². The van der Waals surface area contributed by atoms with E-state index < -0.39 is 5.41 Å². The van der Waals surface area contributed by atoms with E-state index in [1.807, 2.05) is 13.8 Å². The largest absolute Gasteiger partial charge is 0.396 e. The van der Waals surface area contributed by atoms with Crippen molar-refractivity contribution in [3.63, 3.8) is 0 Å². The topological polar surface area (TPSA) is 75.4 Å². The zero-order valence-corrected chi connectivity index (χ0v) is 11.0. The Labute approximate surface area is 104 Å². The summed E-state index contributed by atoms with van der Waals surface area (Å²) in [5.74, 6) is 0.790. The van der Waals surface area contributed by atoms with Gasteiger partial charge in [-0.2, -0.15) is 0 Å². The van der Waals surface area contributed by atoms with Gasteiger partial charge in [0, 0.05) is 19.7 Å². The van der Waals surface area contributed by atoms with Gasteiger partial charge in [-0.3, -0.25) is 4.79 Å². The summed E-state index contributed by atoms with van der Waals surface area (Å²) in [5, 5.41) is 12.3. The Balaban J connectivity index is 2.41. The number of nitrogens with one attached hydrogen (secondary N) is 1. The first-order valence-electron chi connectivity index (χ1n) is 6.60. The van der Waals surface area contributed by atoms with Crippen LogP contribution in [0.4, 0.5) is 0 Å². The van der Waals surface area contributed by atoms with E-state index >= 15 is 0 Å². The number of carbonyl (C=O) groups excluding carboxylic acids is 1. The average Bonchev–Trinajstić information content (AvgIpc) is 2.36. The first-order chi connectivity index (χ1) is 8.01. The molecule has 1 fully saturated rings. The summed E-state index contributed by atoms with van der Waals surface area (Å²) in [7, 11) is 0. The maximum absolute atomic E-state index is 11.9. The van der Waals surface area contributed by atoms with Crippen LogP contribution in [0.5, 0.6) is 0 Å². The third-order valence-electron chi connectivity index (χ3n) is 3.95. The number of rotatable bonds is 5. The summed E-state index contributed by atoms with van der Waals surface area (Å²) in [6.07, 6.45) is 4.59. The highest BCUT2D eigenvalue weighted by molar-refractivity contribution is 5.82.